The number of alkyl halides is 3. The molecule has 1 heterocycles. The molecule has 1 atom stereocenters. The highest BCUT2D eigenvalue weighted by Crippen LogP contribution is 2.47. The van der Waals surface area contributed by atoms with Crippen LogP contribution in [0.3, 0.4) is 0 Å². The second-order valence-corrected chi connectivity index (χ2v) is 10.9. The standard InChI is InChI=1S/C22H28FNOS.C2H3F3O3S/c1-4-6-13-22(5-2)15-24(18-9-7-17(23)8-10-18)20-14-19(25-3)11-12-21(20)26-16-22;1-8-9(6,7)2(3,4)5/h7-12,14H,4-6,13,15-16H2,1-3H3;1H3. The summed E-state index contributed by atoms with van der Waals surface area (Å²) in [6.07, 6.45) is 4.81. The van der Waals surface area contributed by atoms with Crippen molar-refractivity contribution in [2.45, 2.75) is 49.9 Å². The van der Waals surface area contributed by atoms with Crippen LogP contribution in [0.15, 0.2) is 47.4 Å². The lowest BCUT2D eigenvalue weighted by molar-refractivity contribution is -0.0526. The summed E-state index contributed by atoms with van der Waals surface area (Å²) in [5, 5.41) is 0. The molecule has 2 aromatic rings. The van der Waals surface area contributed by atoms with E-state index in [2.05, 4.69) is 35.1 Å². The fourth-order valence-corrected chi connectivity index (χ4v) is 5.27. The van der Waals surface area contributed by atoms with Crippen LogP contribution in [0.5, 0.6) is 5.75 Å². The molecule has 0 radical (unpaired) electrons. The van der Waals surface area contributed by atoms with Gasteiger partial charge in [0.25, 0.3) is 0 Å². The molecule has 0 amide bonds. The van der Waals surface area contributed by atoms with E-state index in [1.165, 1.54) is 24.2 Å². The average molecular weight is 538 g/mol. The zero-order valence-electron chi connectivity index (χ0n) is 20.2. The smallest absolute Gasteiger partial charge is 0.497 e. The summed E-state index contributed by atoms with van der Waals surface area (Å²) < 4.78 is 74.8. The van der Waals surface area contributed by atoms with Gasteiger partial charge in [0.2, 0.25) is 0 Å². The van der Waals surface area contributed by atoms with E-state index in [1.54, 1.807) is 19.2 Å². The maximum atomic E-state index is 13.5. The van der Waals surface area contributed by atoms with E-state index in [4.69, 9.17) is 4.74 Å². The predicted octanol–water partition coefficient (Wildman–Crippen LogP) is 7.15. The van der Waals surface area contributed by atoms with Crippen LogP contribution in [0, 0.1) is 11.2 Å². The Morgan fingerprint density at radius 1 is 1.09 bits per heavy atom. The Morgan fingerprint density at radius 3 is 2.23 bits per heavy atom. The Bertz CT molecular complexity index is 1060. The molecule has 5 nitrogen and oxygen atoms in total. The normalized spacial score (nSPS) is 18.2. The lowest BCUT2D eigenvalue weighted by atomic mass is 9.81. The molecule has 0 aliphatic carbocycles. The molecule has 0 saturated heterocycles. The van der Waals surface area contributed by atoms with E-state index in [0.717, 1.165) is 35.8 Å². The minimum absolute atomic E-state index is 0.198. The fraction of sp³-hybridized carbons (Fsp3) is 0.500. The van der Waals surface area contributed by atoms with Crippen LogP contribution in [0.25, 0.3) is 0 Å². The molecular formula is C24H31F4NO4S2. The summed E-state index contributed by atoms with van der Waals surface area (Å²) in [6.45, 7) is 5.50. The molecule has 35 heavy (non-hydrogen) atoms. The van der Waals surface area contributed by atoms with Crippen molar-refractivity contribution in [1.29, 1.82) is 0 Å². The second kappa shape index (κ2) is 12.3. The first-order chi connectivity index (χ1) is 16.4. The summed E-state index contributed by atoms with van der Waals surface area (Å²) >= 11 is 1.94. The van der Waals surface area contributed by atoms with Gasteiger partial charge in [0.15, 0.2) is 0 Å². The zero-order chi connectivity index (χ0) is 26.3. The van der Waals surface area contributed by atoms with Gasteiger partial charge in [-0.1, -0.05) is 26.7 Å². The minimum atomic E-state index is -5.34. The number of methoxy groups -OCH3 is 1. The number of thioether (sulfide) groups is 1. The first-order valence-corrected chi connectivity index (χ1v) is 13.5. The highest BCUT2D eigenvalue weighted by Gasteiger charge is 2.46. The van der Waals surface area contributed by atoms with Crippen molar-refractivity contribution >= 4 is 33.3 Å². The van der Waals surface area contributed by atoms with Crippen LogP contribution in [-0.2, 0) is 14.3 Å². The van der Waals surface area contributed by atoms with Crippen molar-refractivity contribution < 1.29 is 34.9 Å². The van der Waals surface area contributed by atoms with Gasteiger partial charge < -0.3 is 9.64 Å². The van der Waals surface area contributed by atoms with Crippen molar-refractivity contribution in [3.05, 3.63) is 48.3 Å². The third-order valence-electron chi connectivity index (χ3n) is 5.94. The Kier molecular flexibility index (Phi) is 10.3. The molecule has 0 fully saturated rings. The number of fused-ring (bicyclic) bond motifs is 1. The summed E-state index contributed by atoms with van der Waals surface area (Å²) in [7, 11) is -3.19. The molecule has 2 aromatic carbocycles. The average Bonchev–Trinajstić information content (AvgIpc) is 3.00. The van der Waals surface area contributed by atoms with Gasteiger partial charge in [0.05, 0.1) is 19.9 Å². The highest BCUT2D eigenvalue weighted by atomic mass is 32.2. The minimum Gasteiger partial charge on any atom is -0.497 e. The molecular weight excluding hydrogens is 506 g/mol. The van der Waals surface area contributed by atoms with Crippen LogP contribution in [0.4, 0.5) is 28.9 Å². The van der Waals surface area contributed by atoms with Crippen molar-refractivity contribution in [2.24, 2.45) is 5.41 Å². The van der Waals surface area contributed by atoms with E-state index in [-0.39, 0.29) is 11.2 Å². The van der Waals surface area contributed by atoms with E-state index in [0.29, 0.717) is 7.11 Å². The number of anilines is 2. The van der Waals surface area contributed by atoms with Gasteiger partial charge in [0.1, 0.15) is 11.6 Å². The molecule has 1 unspecified atom stereocenters. The summed E-state index contributed by atoms with van der Waals surface area (Å²) in [5.41, 5.74) is -2.85. The number of halogens is 4. The number of unbranched alkanes of at least 4 members (excludes halogenated alkanes) is 1. The van der Waals surface area contributed by atoms with Crippen molar-refractivity contribution in [2.75, 3.05) is 31.4 Å². The zero-order valence-corrected chi connectivity index (χ0v) is 21.8. The quantitative estimate of drug-likeness (QED) is 0.212. The largest absolute Gasteiger partial charge is 0.523 e. The van der Waals surface area contributed by atoms with Gasteiger partial charge in [-0.15, -0.1) is 11.8 Å². The first kappa shape index (κ1) is 29.3. The Balaban J connectivity index is 0.000000410. The molecule has 11 heteroatoms. The predicted molar refractivity (Wildman–Crippen MR) is 131 cm³/mol. The van der Waals surface area contributed by atoms with Crippen LogP contribution in [-0.4, -0.2) is 40.4 Å². The van der Waals surface area contributed by atoms with Gasteiger partial charge in [-0.25, -0.2) is 4.39 Å². The monoisotopic (exact) mass is 537 g/mol. The highest BCUT2D eigenvalue weighted by molar-refractivity contribution is 7.99. The van der Waals surface area contributed by atoms with Crippen LogP contribution in [0.1, 0.15) is 39.5 Å². The van der Waals surface area contributed by atoms with E-state index in [1.807, 2.05) is 30.0 Å². The Labute approximate surface area is 208 Å². The molecule has 1 aliphatic rings. The number of benzene rings is 2. The summed E-state index contributed by atoms with van der Waals surface area (Å²) in [5.74, 6) is 1.77. The van der Waals surface area contributed by atoms with E-state index >= 15 is 0 Å². The van der Waals surface area contributed by atoms with Gasteiger partial charge >= 0.3 is 15.6 Å². The lowest BCUT2D eigenvalue weighted by Gasteiger charge is -2.36. The molecule has 0 aromatic heterocycles. The number of nitrogens with zero attached hydrogens (tertiary/aromatic N) is 1. The first-order valence-electron chi connectivity index (χ1n) is 11.1. The molecule has 3 rings (SSSR count). The number of hydrogen-bond donors (Lipinski definition) is 0. The van der Waals surface area contributed by atoms with Gasteiger partial charge in [-0.05, 0) is 54.7 Å². The van der Waals surface area contributed by atoms with Crippen molar-refractivity contribution in [3.8, 4) is 5.75 Å². The topological polar surface area (TPSA) is 55.8 Å². The third-order valence-corrected chi connectivity index (χ3v) is 8.35. The second-order valence-electron chi connectivity index (χ2n) is 8.21. The molecule has 0 spiro atoms. The van der Waals surface area contributed by atoms with Gasteiger partial charge in [0, 0.05) is 28.9 Å². The maximum Gasteiger partial charge on any atom is 0.523 e. The van der Waals surface area contributed by atoms with Crippen LogP contribution >= 0.6 is 11.8 Å². The number of ether oxygens (including phenoxy) is 1. The van der Waals surface area contributed by atoms with Crippen LogP contribution in [0.2, 0.25) is 0 Å². The van der Waals surface area contributed by atoms with Crippen LogP contribution < -0.4 is 9.64 Å². The van der Waals surface area contributed by atoms with E-state index in [9.17, 15) is 26.0 Å². The Hall–Kier alpha value is -1.98. The molecule has 196 valence electrons. The fourth-order valence-electron chi connectivity index (χ4n) is 3.69. The lowest BCUT2D eigenvalue weighted by Crippen LogP contribution is -2.36. The van der Waals surface area contributed by atoms with E-state index < -0.39 is 15.6 Å². The van der Waals surface area contributed by atoms with Gasteiger partial charge in [-0.2, -0.15) is 21.6 Å². The van der Waals surface area contributed by atoms with Crippen molar-refractivity contribution in [3.63, 3.8) is 0 Å². The molecule has 1 aliphatic heterocycles. The van der Waals surface area contributed by atoms with Crippen molar-refractivity contribution in [1.82, 2.24) is 0 Å². The number of hydrogen-bond acceptors (Lipinski definition) is 6. The molecule has 0 bridgehead atoms. The summed E-state index contributed by atoms with van der Waals surface area (Å²) in [4.78, 5) is 3.62. The Morgan fingerprint density at radius 2 is 1.74 bits per heavy atom. The van der Waals surface area contributed by atoms with Gasteiger partial charge in [-0.3, -0.25) is 4.18 Å². The molecule has 0 N–H and O–H groups in total. The summed E-state index contributed by atoms with van der Waals surface area (Å²) in [6, 6.07) is 13.2. The third kappa shape index (κ3) is 7.50. The maximum absolute atomic E-state index is 13.5. The molecule has 0 saturated carbocycles. The SMILES string of the molecule is CCCCC1(CC)CSc2ccc(OC)cc2N(c2ccc(F)cc2)C1.COS(=O)(=O)C(F)(F)F. The number of rotatable bonds is 7.